The Morgan fingerprint density at radius 3 is 2.50 bits per heavy atom. The smallest absolute Gasteiger partial charge is 0.251 e. The van der Waals surface area contributed by atoms with Crippen molar-refractivity contribution in [3.8, 4) is 0 Å². The molecule has 0 aromatic heterocycles. The summed E-state index contributed by atoms with van der Waals surface area (Å²) in [5.41, 5.74) is 8.08. The average Bonchev–Trinajstić information content (AvgIpc) is 2.30. The largest absolute Gasteiger partial charge is 0.399 e. The van der Waals surface area contributed by atoms with E-state index in [9.17, 15) is 4.79 Å². The highest BCUT2D eigenvalue weighted by molar-refractivity contribution is 5.95. The summed E-state index contributed by atoms with van der Waals surface area (Å²) in [6, 6.07) is 5.59. The Hall–Kier alpha value is -1.51. The van der Waals surface area contributed by atoms with E-state index in [1.807, 2.05) is 19.9 Å². The Morgan fingerprint density at radius 2 is 1.94 bits per heavy atom. The van der Waals surface area contributed by atoms with E-state index in [1.54, 1.807) is 12.1 Å². The molecule has 1 aromatic carbocycles. The van der Waals surface area contributed by atoms with Gasteiger partial charge in [0.1, 0.15) is 0 Å². The lowest BCUT2D eigenvalue weighted by atomic mass is 10.0. The summed E-state index contributed by atoms with van der Waals surface area (Å²) in [7, 11) is 0. The maximum atomic E-state index is 12.0. The number of carbonyl (C=O) groups is 1. The molecule has 3 nitrogen and oxygen atoms in total. The van der Waals surface area contributed by atoms with Gasteiger partial charge in [0.05, 0.1) is 0 Å². The lowest BCUT2D eigenvalue weighted by Crippen LogP contribution is -2.32. The van der Waals surface area contributed by atoms with E-state index >= 15 is 0 Å². The molecule has 1 aromatic rings. The van der Waals surface area contributed by atoms with Gasteiger partial charge < -0.3 is 11.1 Å². The topological polar surface area (TPSA) is 55.1 Å². The second kappa shape index (κ2) is 6.43. The van der Waals surface area contributed by atoms with Gasteiger partial charge in [-0.1, -0.05) is 13.8 Å². The maximum absolute atomic E-state index is 12.0. The molecular formula is C15H24N2O. The van der Waals surface area contributed by atoms with Crippen molar-refractivity contribution in [1.82, 2.24) is 5.32 Å². The Balaban J connectivity index is 2.56. The molecule has 0 aliphatic rings. The number of hydrogen-bond donors (Lipinski definition) is 2. The number of nitrogens with two attached hydrogens (primary N) is 1. The predicted molar refractivity (Wildman–Crippen MR) is 76.6 cm³/mol. The molecule has 0 aliphatic heterocycles. The van der Waals surface area contributed by atoms with Crippen molar-refractivity contribution in [1.29, 1.82) is 0 Å². The fourth-order valence-electron chi connectivity index (χ4n) is 1.78. The van der Waals surface area contributed by atoms with Crippen LogP contribution >= 0.6 is 0 Å². The molecule has 0 radical (unpaired) electrons. The Kier molecular flexibility index (Phi) is 5.20. The molecule has 18 heavy (non-hydrogen) atoms. The molecule has 0 saturated carbocycles. The molecule has 100 valence electrons. The highest BCUT2D eigenvalue weighted by Crippen LogP contribution is 2.13. The summed E-state index contributed by atoms with van der Waals surface area (Å²) in [5.74, 6) is 0.650. The highest BCUT2D eigenvalue weighted by Gasteiger charge is 2.10. The van der Waals surface area contributed by atoms with Crippen molar-refractivity contribution in [2.75, 3.05) is 5.73 Å². The SMILES string of the molecule is Cc1cc(C(=O)NC(C)CCC(C)C)ccc1N. The molecule has 1 atom stereocenters. The van der Waals surface area contributed by atoms with Crippen LogP contribution in [0.4, 0.5) is 5.69 Å². The number of amides is 1. The van der Waals surface area contributed by atoms with Gasteiger partial charge >= 0.3 is 0 Å². The first-order chi connectivity index (χ1) is 8.40. The quantitative estimate of drug-likeness (QED) is 0.787. The molecule has 1 unspecified atom stereocenters. The van der Waals surface area contributed by atoms with E-state index in [-0.39, 0.29) is 11.9 Å². The highest BCUT2D eigenvalue weighted by atomic mass is 16.1. The first-order valence-electron chi connectivity index (χ1n) is 6.57. The molecule has 3 heteroatoms. The predicted octanol–water partition coefficient (Wildman–Crippen LogP) is 3.13. The third-order valence-corrected chi connectivity index (χ3v) is 3.09. The fourth-order valence-corrected chi connectivity index (χ4v) is 1.78. The summed E-state index contributed by atoms with van der Waals surface area (Å²) in [6.07, 6.45) is 2.14. The second-order valence-corrected chi connectivity index (χ2v) is 5.42. The Morgan fingerprint density at radius 1 is 1.28 bits per heavy atom. The third kappa shape index (κ3) is 4.40. The van der Waals surface area contributed by atoms with Gasteiger partial charge in [-0.25, -0.2) is 0 Å². The first kappa shape index (κ1) is 14.6. The number of hydrogen-bond acceptors (Lipinski definition) is 2. The van der Waals surface area contributed by atoms with Crippen LogP contribution in [0.25, 0.3) is 0 Å². The van der Waals surface area contributed by atoms with Crippen molar-refractivity contribution in [3.63, 3.8) is 0 Å². The van der Waals surface area contributed by atoms with E-state index in [2.05, 4.69) is 19.2 Å². The van der Waals surface area contributed by atoms with Gasteiger partial charge in [-0.05, 0) is 56.4 Å². The minimum Gasteiger partial charge on any atom is -0.399 e. The number of anilines is 1. The number of carbonyl (C=O) groups excluding carboxylic acids is 1. The minimum absolute atomic E-state index is 0.0191. The second-order valence-electron chi connectivity index (χ2n) is 5.42. The fraction of sp³-hybridized carbons (Fsp3) is 0.533. The zero-order valence-electron chi connectivity index (χ0n) is 11.8. The first-order valence-corrected chi connectivity index (χ1v) is 6.57. The van der Waals surface area contributed by atoms with E-state index in [4.69, 9.17) is 5.73 Å². The number of rotatable bonds is 5. The Bertz CT molecular complexity index is 413. The summed E-state index contributed by atoms with van der Waals surface area (Å²) >= 11 is 0. The van der Waals surface area contributed by atoms with Crippen LogP contribution in [0.2, 0.25) is 0 Å². The van der Waals surface area contributed by atoms with Crippen LogP contribution in [0, 0.1) is 12.8 Å². The molecule has 0 aliphatic carbocycles. The number of aryl methyl sites for hydroxylation is 1. The minimum atomic E-state index is -0.0191. The van der Waals surface area contributed by atoms with Crippen molar-refractivity contribution in [3.05, 3.63) is 29.3 Å². The lowest BCUT2D eigenvalue weighted by molar-refractivity contribution is 0.0937. The summed E-state index contributed by atoms with van der Waals surface area (Å²) in [5, 5.41) is 3.02. The van der Waals surface area contributed by atoms with E-state index in [1.165, 1.54) is 0 Å². The van der Waals surface area contributed by atoms with Crippen LogP contribution in [0.3, 0.4) is 0 Å². The zero-order valence-corrected chi connectivity index (χ0v) is 11.8. The van der Waals surface area contributed by atoms with E-state index in [0.29, 0.717) is 11.5 Å². The molecule has 0 spiro atoms. The maximum Gasteiger partial charge on any atom is 0.251 e. The molecule has 0 heterocycles. The zero-order chi connectivity index (χ0) is 13.7. The van der Waals surface area contributed by atoms with Crippen molar-refractivity contribution >= 4 is 11.6 Å². The van der Waals surface area contributed by atoms with Crippen LogP contribution in [0.5, 0.6) is 0 Å². The molecule has 0 bridgehead atoms. The van der Waals surface area contributed by atoms with Crippen molar-refractivity contribution in [2.45, 2.75) is 46.6 Å². The van der Waals surface area contributed by atoms with Gasteiger partial charge in [-0.15, -0.1) is 0 Å². The summed E-state index contributed by atoms with van der Waals surface area (Å²) in [4.78, 5) is 12.0. The normalized spacial score (nSPS) is 12.5. The molecule has 3 N–H and O–H groups in total. The molecule has 0 fully saturated rings. The summed E-state index contributed by atoms with van der Waals surface area (Å²) < 4.78 is 0. The monoisotopic (exact) mass is 248 g/mol. The number of benzene rings is 1. The molecular weight excluding hydrogens is 224 g/mol. The standard InChI is InChI=1S/C15H24N2O/c1-10(2)5-6-12(4)17-15(18)13-7-8-14(16)11(3)9-13/h7-10,12H,5-6,16H2,1-4H3,(H,17,18). The summed E-state index contributed by atoms with van der Waals surface area (Å²) in [6.45, 7) is 8.34. The van der Waals surface area contributed by atoms with Gasteiger partial charge in [0.2, 0.25) is 0 Å². The van der Waals surface area contributed by atoms with Crippen LogP contribution in [-0.4, -0.2) is 11.9 Å². The molecule has 1 rings (SSSR count). The van der Waals surface area contributed by atoms with Crippen molar-refractivity contribution < 1.29 is 4.79 Å². The van der Waals surface area contributed by atoms with Crippen LogP contribution < -0.4 is 11.1 Å². The van der Waals surface area contributed by atoms with Gasteiger partial charge in [-0.3, -0.25) is 4.79 Å². The Labute approximate surface area is 110 Å². The van der Waals surface area contributed by atoms with Gasteiger partial charge in [0.15, 0.2) is 0 Å². The lowest BCUT2D eigenvalue weighted by Gasteiger charge is -2.15. The van der Waals surface area contributed by atoms with Crippen LogP contribution in [0.15, 0.2) is 18.2 Å². The van der Waals surface area contributed by atoms with Crippen LogP contribution in [-0.2, 0) is 0 Å². The van der Waals surface area contributed by atoms with Gasteiger partial charge in [0.25, 0.3) is 5.91 Å². The van der Waals surface area contributed by atoms with Crippen molar-refractivity contribution in [2.24, 2.45) is 5.92 Å². The van der Waals surface area contributed by atoms with E-state index < -0.39 is 0 Å². The third-order valence-electron chi connectivity index (χ3n) is 3.09. The van der Waals surface area contributed by atoms with Crippen LogP contribution in [0.1, 0.15) is 49.5 Å². The van der Waals surface area contributed by atoms with Gasteiger partial charge in [0, 0.05) is 17.3 Å². The van der Waals surface area contributed by atoms with E-state index in [0.717, 1.165) is 24.1 Å². The van der Waals surface area contributed by atoms with Gasteiger partial charge in [-0.2, -0.15) is 0 Å². The number of nitrogen functional groups attached to an aromatic ring is 1. The molecule has 1 amide bonds. The average molecular weight is 248 g/mol. The molecule has 0 saturated heterocycles. The number of nitrogens with one attached hydrogen (secondary N) is 1.